The molecule has 2 N–H and O–H groups in total. The van der Waals surface area contributed by atoms with E-state index in [9.17, 15) is 17.8 Å². The molecule has 1 fully saturated rings. The molecular weight excluding hydrogens is 342 g/mol. The molecule has 134 valence electrons. The molecule has 0 amide bonds. The summed E-state index contributed by atoms with van der Waals surface area (Å²) in [6.45, 7) is 2.14. The zero-order valence-electron chi connectivity index (χ0n) is 13.8. The second-order valence-electron chi connectivity index (χ2n) is 5.99. The Morgan fingerprint density at radius 1 is 1.12 bits per heavy atom. The van der Waals surface area contributed by atoms with E-state index in [0.717, 1.165) is 24.0 Å². The summed E-state index contributed by atoms with van der Waals surface area (Å²) in [5.74, 6) is -0.277. The van der Waals surface area contributed by atoms with Crippen molar-refractivity contribution in [1.82, 2.24) is 0 Å². The highest BCUT2D eigenvalue weighted by Gasteiger charge is 2.47. The summed E-state index contributed by atoms with van der Waals surface area (Å²) in [5.41, 5.74) is 6.93. The summed E-state index contributed by atoms with van der Waals surface area (Å²) < 4.78 is 36.3. The van der Waals surface area contributed by atoms with Gasteiger partial charge in [-0.05, 0) is 37.5 Å². The van der Waals surface area contributed by atoms with Crippen LogP contribution in [0.4, 0.5) is 0 Å². The summed E-state index contributed by atoms with van der Waals surface area (Å²) in [4.78, 5) is 11.2. The Hall–Kier alpha value is -2.22. The van der Waals surface area contributed by atoms with Crippen molar-refractivity contribution in [1.29, 1.82) is 0 Å². The molecule has 3 rings (SSSR count). The molecule has 0 saturated heterocycles. The van der Waals surface area contributed by atoms with E-state index in [1.807, 2.05) is 37.3 Å². The quantitative estimate of drug-likeness (QED) is 0.659. The van der Waals surface area contributed by atoms with Gasteiger partial charge in [-0.25, -0.2) is 8.42 Å². The normalized spacial score (nSPS) is 14.8. The molecule has 1 aliphatic rings. The standard InChI is InChI=1S/C11H13NO2.C7H8O3S/c12-11(6-7-11)10(13)14-8-9-4-2-1-3-5-9;1-6-2-4-7(5-3-6)11(8,9)10/h1-5H,6-8,12H2;2-5H,1H3,(H,8,9,10)/p-1. The van der Waals surface area contributed by atoms with Crippen LogP contribution in [0.1, 0.15) is 24.0 Å². The Labute approximate surface area is 147 Å². The molecule has 7 heteroatoms. The van der Waals surface area contributed by atoms with Crippen molar-refractivity contribution in [2.75, 3.05) is 0 Å². The van der Waals surface area contributed by atoms with Crippen LogP contribution in [0.5, 0.6) is 0 Å². The first-order chi connectivity index (χ1) is 11.7. The Bertz CT molecular complexity index is 812. The van der Waals surface area contributed by atoms with E-state index in [1.165, 1.54) is 12.1 Å². The number of esters is 1. The highest BCUT2D eigenvalue weighted by molar-refractivity contribution is 7.85. The number of carbonyl (C=O) groups is 1. The molecule has 0 spiro atoms. The third-order valence-corrected chi connectivity index (χ3v) is 4.57. The van der Waals surface area contributed by atoms with E-state index in [4.69, 9.17) is 10.5 Å². The molecule has 1 aliphatic carbocycles. The Morgan fingerprint density at radius 2 is 1.68 bits per heavy atom. The van der Waals surface area contributed by atoms with Crippen LogP contribution < -0.4 is 5.73 Å². The predicted molar refractivity (Wildman–Crippen MR) is 91.5 cm³/mol. The van der Waals surface area contributed by atoms with Gasteiger partial charge >= 0.3 is 5.97 Å². The number of hydrogen-bond acceptors (Lipinski definition) is 6. The first-order valence-corrected chi connectivity index (χ1v) is 9.14. The maximum atomic E-state index is 11.4. The molecule has 0 bridgehead atoms. The maximum Gasteiger partial charge on any atom is 0.326 e. The lowest BCUT2D eigenvalue weighted by atomic mass is 10.2. The molecule has 25 heavy (non-hydrogen) atoms. The van der Waals surface area contributed by atoms with Crippen LogP contribution in [-0.4, -0.2) is 24.5 Å². The van der Waals surface area contributed by atoms with Crippen LogP contribution in [0.2, 0.25) is 0 Å². The van der Waals surface area contributed by atoms with Crippen molar-refractivity contribution in [3.8, 4) is 0 Å². The highest BCUT2D eigenvalue weighted by Crippen LogP contribution is 2.33. The fourth-order valence-electron chi connectivity index (χ4n) is 1.91. The average molecular weight is 362 g/mol. The largest absolute Gasteiger partial charge is 0.744 e. The average Bonchev–Trinajstić information content (AvgIpc) is 3.33. The Morgan fingerprint density at radius 3 is 2.16 bits per heavy atom. The van der Waals surface area contributed by atoms with Crippen molar-refractivity contribution in [2.45, 2.75) is 36.8 Å². The number of benzene rings is 2. The molecule has 0 radical (unpaired) electrons. The number of carbonyl (C=O) groups excluding carboxylic acids is 1. The van der Waals surface area contributed by atoms with Crippen molar-refractivity contribution in [2.24, 2.45) is 5.73 Å². The number of ether oxygens (including phenoxy) is 1. The number of rotatable bonds is 4. The summed E-state index contributed by atoms with van der Waals surface area (Å²) in [6, 6.07) is 15.4. The van der Waals surface area contributed by atoms with Gasteiger partial charge in [-0.1, -0.05) is 48.0 Å². The Kier molecular flexibility index (Phi) is 5.94. The lowest BCUT2D eigenvalue weighted by Gasteiger charge is -2.08. The minimum Gasteiger partial charge on any atom is -0.744 e. The first kappa shape index (κ1) is 19.1. The van der Waals surface area contributed by atoms with E-state index in [0.29, 0.717) is 6.61 Å². The zero-order valence-corrected chi connectivity index (χ0v) is 14.7. The van der Waals surface area contributed by atoms with Crippen molar-refractivity contribution < 1.29 is 22.5 Å². The fraction of sp³-hybridized carbons (Fsp3) is 0.278. The van der Waals surface area contributed by atoms with Crippen LogP contribution in [-0.2, 0) is 26.3 Å². The van der Waals surface area contributed by atoms with Gasteiger partial charge in [0, 0.05) is 0 Å². The van der Waals surface area contributed by atoms with E-state index >= 15 is 0 Å². The van der Waals surface area contributed by atoms with Gasteiger partial charge in [0.25, 0.3) is 0 Å². The number of hydrogen-bond donors (Lipinski definition) is 1. The van der Waals surface area contributed by atoms with Gasteiger partial charge in [0.05, 0.1) is 4.90 Å². The minimum atomic E-state index is -4.27. The van der Waals surface area contributed by atoms with Gasteiger partial charge in [0.1, 0.15) is 22.3 Å². The highest BCUT2D eigenvalue weighted by atomic mass is 32.2. The van der Waals surface area contributed by atoms with Gasteiger partial charge in [-0.3, -0.25) is 4.79 Å². The third-order valence-electron chi connectivity index (χ3n) is 3.72. The van der Waals surface area contributed by atoms with Crippen LogP contribution in [0.25, 0.3) is 0 Å². The third kappa shape index (κ3) is 5.97. The molecule has 1 saturated carbocycles. The second-order valence-corrected chi connectivity index (χ2v) is 7.36. The first-order valence-electron chi connectivity index (χ1n) is 7.73. The topological polar surface area (TPSA) is 110 Å². The van der Waals surface area contributed by atoms with Crippen LogP contribution in [0.15, 0.2) is 59.5 Å². The van der Waals surface area contributed by atoms with Gasteiger partial charge in [-0.15, -0.1) is 0 Å². The molecule has 2 aromatic carbocycles. The predicted octanol–water partition coefficient (Wildman–Crippen LogP) is 2.12. The Balaban J connectivity index is 0.000000186. The van der Waals surface area contributed by atoms with Gasteiger partial charge in [0.2, 0.25) is 0 Å². The maximum absolute atomic E-state index is 11.4. The molecular formula is C18H20NO5S-. The van der Waals surface area contributed by atoms with Crippen molar-refractivity contribution >= 4 is 16.1 Å². The van der Waals surface area contributed by atoms with E-state index in [2.05, 4.69) is 0 Å². The molecule has 0 atom stereocenters. The molecule has 2 aromatic rings. The number of nitrogens with two attached hydrogens (primary N) is 1. The van der Waals surface area contributed by atoms with Gasteiger partial charge < -0.3 is 15.0 Å². The van der Waals surface area contributed by atoms with Crippen molar-refractivity contribution in [3.05, 3.63) is 65.7 Å². The summed E-state index contributed by atoms with van der Waals surface area (Å²) in [5, 5.41) is 0. The molecule has 6 nitrogen and oxygen atoms in total. The summed E-state index contributed by atoms with van der Waals surface area (Å²) >= 11 is 0. The van der Waals surface area contributed by atoms with Gasteiger partial charge in [0.15, 0.2) is 0 Å². The van der Waals surface area contributed by atoms with E-state index in [-0.39, 0.29) is 10.9 Å². The lowest BCUT2D eigenvalue weighted by Crippen LogP contribution is -2.34. The summed E-state index contributed by atoms with van der Waals surface area (Å²) in [6.07, 6.45) is 1.50. The number of aryl methyl sites for hydroxylation is 1. The van der Waals surface area contributed by atoms with Crippen molar-refractivity contribution in [3.63, 3.8) is 0 Å². The second kappa shape index (κ2) is 7.77. The lowest BCUT2D eigenvalue weighted by molar-refractivity contribution is -0.147. The zero-order chi connectivity index (χ0) is 18.5. The molecule has 0 aliphatic heterocycles. The summed E-state index contributed by atoms with van der Waals surface area (Å²) in [7, 11) is -4.27. The minimum absolute atomic E-state index is 0.178. The molecule has 0 heterocycles. The van der Waals surface area contributed by atoms with E-state index in [1.54, 1.807) is 12.1 Å². The SMILES string of the molecule is Cc1ccc(S(=O)(=O)[O-])cc1.NC1(C(=O)OCc2ccccc2)CC1. The smallest absolute Gasteiger partial charge is 0.326 e. The molecule has 0 unspecified atom stereocenters. The van der Waals surface area contributed by atoms with E-state index < -0.39 is 15.7 Å². The van der Waals surface area contributed by atoms with Crippen LogP contribution in [0.3, 0.4) is 0 Å². The molecule has 0 aromatic heterocycles. The van der Waals surface area contributed by atoms with Crippen LogP contribution in [0, 0.1) is 6.92 Å². The fourth-order valence-corrected chi connectivity index (χ4v) is 2.38. The monoisotopic (exact) mass is 362 g/mol. The van der Waals surface area contributed by atoms with Gasteiger partial charge in [-0.2, -0.15) is 0 Å². The van der Waals surface area contributed by atoms with Crippen LogP contribution >= 0.6 is 0 Å².